The molecule has 14 nitrogen and oxygen atoms in total. The van der Waals surface area contributed by atoms with Crippen LogP contribution in [0, 0.1) is 50.9 Å². The fourth-order valence-electron chi connectivity index (χ4n) is 0. The van der Waals surface area contributed by atoms with E-state index in [-0.39, 0.29) is 177 Å². The van der Waals surface area contributed by atoms with Gasteiger partial charge < -0.3 is 50.9 Å². The molecule has 0 saturated heterocycles. The third-order valence-corrected chi connectivity index (χ3v) is 0. The van der Waals surface area contributed by atoms with Gasteiger partial charge in [0.05, 0.1) is 10.2 Å². The van der Waals surface area contributed by atoms with Gasteiger partial charge in [-0.3, -0.25) is 0 Å². The fourth-order valence-corrected chi connectivity index (χ4v) is 0. The van der Waals surface area contributed by atoms with E-state index in [1.165, 1.54) is 0 Å². The molecule has 0 rings (SSSR count). The van der Waals surface area contributed by atoms with E-state index in [4.69, 9.17) is 50.9 Å². The molecular weight excluding hydrogens is 364 g/mol. The summed E-state index contributed by atoms with van der Waals surface area (Å²) in [5.74, 6) is 0. The summed E-state index contributed by atoms with van der Waals surface area (Å²) in [7, 11) is 0. The Balaban J connectivity index is -0.00000000763. The molecule has 0 N–H and O–H groups in total. The van der Waals surface area contributed by atoms with Gasteiger partial charge in [-0.1, -0.05) is 14.9 Å². The first-order valence-electron chi connectivity index (χ1n) is 1.83. The number of hydrogen-bond acceptors (Lipinski definition) is 12. The summed E-state index contributed by atoms with van der Waals surface area (Å²) >= 11 is 0. The smallest absolute Gasteiger partial charge is 0.444 e. The van der Waals surface area contributed by atoms with Crippen LogP contribution >= 0.6 is 0 Å². The summed E-state index contributed by atoms with van der Waals surface area (Å²) in [6.45, 7) is 0. The van der Waals surface area contributed by atoms with Crippen LogP contribution in [0.15, 0.2) is 10.7 Å². The van der Waals surface area contributed by atoms with Crippen LogP contribution in [0.2, 0.25) is 0 Å². The van der Waals surface area contributed by atoms with Crippen molar-refractivity contribution in [1.29, 1.82) is 0 Å². The summed E-state index contributed by atoms with van der Waals surface area (Å²) in [6.07, 6.45) is 0. The minimum atomic E-state index is -1.75. The monoisotopic (exact) mass is 372 g/mol. The largest absolute Gasteiger partial charge is 1.00 e. The summed E-state index contributed by atoms with van der Waals surface area (Å²) in [5.41, 5.74) is 0. The van der Waals surface area contributed by atoms with Crippen LogP contribution in [0.4, 0.5) is 0 Å². The quantitative estimate of drug-likeness (QED) is 0.168. The molecule has 18 heteroatoms. The van der Waals surface area contributed by atoms with Crippen molar-refractivity contribution in [3.63, 3.8) is 0 Å². The fraction of sp³-hybridized carbons (Fsp3) is 1.00. The molecule has 0 aliphatic heterocycles. The molecule has 0 unspecified atom stereocenters. The SMILES string of the molecule is C.C.O=N[O-].O=N[O-].O=[N+]([O-])[O-].O=[N+]([O-])[O-].[K+].[K+].[Na+].[Na+]. The van der Waals surface area contributed by atoms with Crippen molar-refractivity contribution in [2.24, 2.45) is 10.7 Å². The normalized spacial score (nSPS) is 3.60. The van der Waals surface area contributed by atoms with E-state index in [0.717, 1.165) is 10.7 Å². The number of rotatable bonds is 0. The predicted octanol–water partition coefficient (Wildman–Crippen LogP) is -10.7. The molecule has 0 heterocycles. The van der Waals surface area contributed by atoms with Gasteiger partial charge in [0.15, 0.2) is 0 Å². The summed E-state index contributed by atoms with van der Waals surface area (Å²) in [6, 6.07) is 0. The Morgan fingerprint density at radius 2 is 0.650 bits per heavy atom. The van der Waals surface area contributed by atoms with E-state index in [2.05, 4.69) is 0 Å². The summed E-state index contributed by atoms with van der Waals surface area (Å²) < 4.78 is 0. The standard InChI is InChI=1S/2CH4.2K.2NO3.2HNO2.2Na/c;;;;2*2-1(3)4;2*2-1-3;;/h2*1H4;;;;;2*(H,2,3);;/q;;2*+1;2*-1;;;2*+1/p-2. The van der Waals surface area contributed by atoms with Gasteiger partial charge >= 0.3 is 162 Å². The molecule has 0 amide bonds. The second-order valence-electron chi connectivity index (χ2n) is 0.596. The zero-order valence-corrected chi connectivity index (χ0v) is 20.1. The third kappa shape index (κ3) is 1270. The molecule has 0 spiro atoms. The van der Waals surface area contributed by atoms with Crippen molar-refractivity contribution in [1.82, 2.24) is 0 Å². The second-order valence-corrected chi connectivity index (χ2v) is 0.596. The first-order chi connectivity index (χ1) is 6.29. The van der Waals surface area contributed by atoms with Crippen LogP contribution in [0.5, 0.6) is 0 Å². The summed E-state index contributed by atoms with van der Waals surface area (Å²) in [5, 5.41) is 47.5. The molecule has 0 aliphatic rings. The first-order valence-corrected chi connectivity index (χ1v) is 1.83. The molecule has 0 saturated carbocycles. The van der Waals surface area contributed by atoms with Gasteiger partial charge in [-0.05, 0) is 0 Å². The van der Waals surface area contributed by atoms with E-state index >= 15 is 0 Å². The molecule has 0 aliphatic carbocycles. The average molecular weight is 372 g/mol. The van der Waals surface area contributed by atoms with Crippen molar-refractivity contribution < 1.29 is 172 Å². The summed E-state index contributed by atoms with van der Waals surface area (Å²) in [4.78, 5) is 32.5. The average Bonchev–Trinajstić information content (AvgIpc) is 1.85. The first kappa shape index (κ1) is 66.6. The van der Waals surface area contributed by atoms with E-state index in [9.17, 15) is 0 Å². The maximum Gasteiger partial charge on any atom is 1.00 e. The molecule has 0 aromatic heterocycles. The van der Waals surface area contributed by atoms with E-state index < -0.39 is 10.2 Å². The van der Waals surface area contributed by atoms with Crippen LogP contribution in [0.1, 0.15) is 14.9 Å². The van der Waals surface area contributed by atoms with Crippen molar-refractivity contribution in [3.8, 4) is 0 Å². The van der Waals surface area contributed by atoms with Crippen LogP contribution in [-0.4, -0.2) is 10.2 Å². The molecule has 0 radical (unpaired) electrons. The van der Waals surface area contributed by atoms with Gasteiger partial charge in [-0.15, -0.1) is 10.7 Å². The molecule has 0 aromatic carbocycles. The van der Waals surface area contributed by atoms with E-state index in [0.29, 0.717) is 0 Å². The van der Waals surface area contributed by atoms with E-state index in [1.807, 2.05) is 0 Å². The number of nitrogens with zero attached hydrogens (tertiary/aromatic N) is 4. The van der Waals surface area contributed by atoms with Crippen molar-refractivity contribution >= 4 is 0 Å². The van der Waals surface area contributed by atoms with Gasteiger partial charge in [-0.2, -0.15) is 0 Å². The van der Waals surface area contributed by atoms with Gasteiger partial charge in [0, 0.05) is 0 Å². The Labute approximate surface area is 242 Å². The molecule has 0 aromatic rings. The Morgan fingerprint density at radius 1 is 0.650 bits per heavy atom. The topological polar surface area (TPSA) is 237 Å². The zero-order valence-electron chi connectivity index (χ0n) is 9.87. The van der Waals surface area contributed by atoms with Crippen molar-refractivity contribution in [2.75, 3.05) is 0 Å². The zero-order chi connectivity index (χ0) is 12.6. The Kier molecular flexibility index (Phi) is 273. The maximum absolute atomic E-state index is 8.25. The molecular formula is C2H8K2N4Na2O10. The Bertz CT molecular complexity index is 151. The molecule has 0 bridgehead atoms. The molecule has 0 atom stereocenters. The van der Waals surface area contributed by atoms with Crippen LogP contribution < -0.4 is 162 Å². The van der Waals surface area contributed by atoms with Crippen molar-refractivity contribution in [2.45, 2.75) is 14.9 Å². The Hall–Kier alpha value is 2.47. The molecule has 100 valence electrons. The van der Waals surface area contributed by atoms with E-state index in [1.54, 1.807) is 0 Å². The van der Waals surface area contributed by atoms with Gasteiger partial charge in [0.2, 0.25) is 0 Å². The minimum absolute atomic E-state index is 0. The van der Waals surface area contributed by atoms with Crippen molar-refractivity contribution in [3.05, 3.63) is 50.9 Å². The molecule has 0 fully saturated rings. The van der Waals surface area contributed by atoms with Crippen LogP contribution in [-0.2, 0) is 0 Å². The number of hydrogen-bond donors (Lipinski definition) is 0. The second kappa shape index (κ2) is 82.1. The Morgan fingerprint density at radius 3 is 0.650 bits per heavy atom. The maximum atomic E-state index is 8.25. The predicted molar refractivity (Wildman–Crippen MR) is 52.5 cm³/mol. The van der Waals surface area contributed by atoms with Crippen LogP contribution in [0.3, 0.4) is 0 Å². The van der Waals surface area contributed by atoms with Gasteiger partial charge in [-0.25, -0.2) is 0 Å². The third-order valence-electron chi connectivity index (χ3n) is 0. The van der Waals surface area contributed by atoms with Gasteiger partial charge in [0.25, 0.3) is 0 Å². The minimum Gasteiger partial charge on any atom is -0.444 e. The van der Waals surface area contributed by atoms with Gasteiger partial charge in [0.1, 0.15) is 0 Å². The molecule has 20 heavy (non-hydrogen) atoms. The van der Waals surface area contributed by atoms with Crippen LogP contribution in [0.25, 0.3) is 0 Å².